The molecule has 1 radical (unpaired) electrons. The van der Waals surface area contributed by atoms with Gasteiger partial charge >= 0.3 is 49.6 Å². The van der Waals surface area contributed by atoms with E-state index in [1.807, 2.05) is 40.0 Å². The predicted molar refractivity (Wildman–Crippen MR) is 102 cm³/mol. The van der Waals surface area contributed by atoms with Crippen LogP contribution in [0.25, 0.3) is 0 Å². The molecule has 102 valence electrons. The van der Waals surface area contributed by atoms with E-state index < -0.39 is 0 Å². The van der Waals surface area contributed by atoms with Crippen LogP contribution in [0, 0.1) is 27.2 Å². The van der Waals surface area contributed by atoms with Crippen molar-refractivity contribution in [2.24, 2.45) is 0 Å². The van der Waals surface area contributed by atoms with Crippen molar-refractivity contribution in [1.82, 2.24) is 0 Å². The fraction of sp³-hybridized carbons (Fsp3) is 0.214. The number of hydrogen-bond donors (Lipinski definition) is 0. The van der Waals surface area contributed by atoms with Gasteiger partial charge in [-0.15, -0.1) is 0 Å². The Morgan fingerprint density at radius 2 is 1.28 bits per heavy atom. The Morgan fingerprint density at radius 3 is 1.56 bits per heavy atom. The second-order valence-corrected chi connectivity index (χ2v) is 17.2. The number of halogens is 2. The first-order valence-electron chi connectivity index (χ1n) is 5.43. The van der Waals surface area contributed by atoms with Gasteiger partial charge in [-0.05, 0) is 31.9 Å². The maximum absolute atomic E-state index is 2.35. The second kappa shape index (κ2) is 12.0. The number of aryl methyl sites for hydroxylation is 3. The Kier molecular flexibility index (Phi) is 12.8. The summed E-state index contributed by atoms with van der Waals surface area (Å²) in [6.45, 7) is 6.48. The Bertz CT molecular complexity index is 381. The molecule has 0 bridgehead atoms. The number of hydrogen-bond acceptors (Lipinski definition) is 0. The molecule has 1 aliphatic carbocycles. The van der Waals surface area contributed by atoms with Gasteiger partial charge in [0.25, 0.3) is 0 Å². The molecular weight excluding hydrogens is 556 g/mol. The topological polar surface area (TPSA) is 0 Å². The van der Waals surface area contributed by atoms with Crippen molar-refractivity contribution in [2.45, 2.75) is 20.8 Å². The molecule has 1 unspecified atom stereocenters. The van der Waals surface area contributed by atoms with Gasteiger partial charge in [-0.25, -0.2) is 0 Å². The van der Waals surface area contributed by atoms with Crippen LogP contribution in [-0.4, -0.2) is 0 Å². The summed E-state index contributed by atoms with van der Waals surface area (Å²) in [6.07, 6.45) is 10.0. The molecule has 2 rings (SSSR count). The Hall–Kier alpha value is 1.21. The zero-order chi connectivity index (χ0) is 14.0. The zero-order valence-electron chi connectivity index (χ0n) is 10.8. The molecule has 0 heterocycles. The third-order valence-electron chi connectivity index (χ3n) is 2.40. The van der Waals surface area contributed by atoms with Gasteiger partial charge in [0.1, 0.15) is 0 Å². The molecule has 18 heavy (non-hydrogen) atoms. The summed E-state index contributed by atoms with van der Waals surface area (Å²) in [6, 6.07) is 4.46. The number of benzene rings is 1. The van der Waals surface area contributed by atoms with Gasteiger partial charge in [0.2, 0.25) is 0 Å². The van der Waals surface area contributed by atoms with Crippen molar-refractivity contribution in [1.29, 1.82) is 0 Å². The van der Waals surface area contributed by atoms with Crippen molar-refractivity contribution in [2.75, 3.05) is 0 Å². The standard InChI is InChI=1S/C9H13P.C5H5.2HI.Rh/c1-6-4-7(2)9(10)8(3)5-6;1-2-4-5-3-1;;;/h4-5H,10H2,1-3H3;1-5H;2*1H;/q;;;;+2/p-1. The van der Waals surface area contributed by atoms with Crippen molar-refractivity contribution in [3.63, 3.8) is 0 Å². The molecule has 0 saturated carbocycles. The van der Waals surface area contributed by atoms with E-state index in [2.05, 4.69) is 72.4 Å². The minimum absolute atomic E-state index is 0.770. The SMILES string of the molecule is Cc1cc(C)c([PH3+])c(C)c1.[CH]1C=CC=C1.[I][Rh][I]. The maximum atomic E-state index is 2.35. The third kappa shape index (κ3) is 9.17. The van der Waals surface area contributed by atoms with Crippen molar-refractivity contribution >= 4 is 54.0 Å². The van der Waals surface area contributed by atoms with Gasteiger partial charge in [0, 0.05) is 15.7 Å². The Balaban J connectivity index is 0.000000301. The number of allylic oxidation sites excluding steroid dienone is 4. The molecule has 1 atom stereocenters. The molecule has 0 amide bonds. The van der Waals surface area contributed by atoms with Crippen molar-refractivity contribution in [3.8, 4) is 0 Å². The third-order valence-corrected chi connectivity index (χ3v) is 3.51. The molecule has 0 aromatic heterocycles. The first-order chi connectivity index (χ1) is 8.52. The monoisotopic (exact) mass is 575 g/mol. The summed E-state index contributed by atoms with van der Waals surface area (Å²) < 4.78 is 0. The number of rotatable bonds is 0. The summed E-state index contributed by atoms with van der Waals surface area (Å²) in [5, 5.41) is 1.45. The van der Waals surface area contributed by atoms with Gasteiger partial charge in [0.15, 0.2) is 0 Å². The van der Waals surface area contributed by atoms with E-state index in [1.54, 1.807) is 0 Å². The molecular formula is C14H19I2PRh+. The predicted octanol–water partition coefficient (Wildman–Crippen LogP) is 4.93. The molecule has 0 N–H and O–H groups in total. The molecule has 1 aromatic rings. The summed E-state index contributed by atoms with van der Waals surface area (Å²) in [5.74, 6) is 0. The first-order valence-corrected chi connectivity index (χ1v) is 15.9. The molecule has 0 aliphatic heterocycles. The molecule has 0 spiro atoms. The minimum atomic E-state index is 0.770. The van der Waals surface area contributed by atoms with Crippen molar-refractivity contribution < 1.29 is 10.1 Å². The molecule has 4 heteroatoms. The van der Waals surface area contributed by atoms with Crippen molar-refractivity contribution in [3.05, 3.63) is 59.5 Å². The summed E-state index contributed by atoms with van der Waals surface area (Å²) in [4.78, 5) is 0. The van der Waals surface area contributed by atoms with Crippen LogP contribution in [0.4, 0.5) is 0 Å². The molecule has 0 nitrogen and oxygen atoms in total. The Labute approximate surface area is 143 Å². The van der Waals surface area contributed by atoms with Gasteiger partial charge in [-0.3, -0.25) is 0 Å². The van der Waals surface area contributed by atoms with Gasteiger partial charge in [-0.2, -0.15) is 0 Å². The zero-order valence-corrected chi connectivity index (χ0v) is 18.2. The summed E-state index contributed by atoms with van der Waals surface area (Å²) in [5.41, 5.74) is 4.19. The van der Waals surface area contributed by atoms with Gasteiger partial charge in [-0.1, -0.05) is 42.0 Å². The summed E-state index contributed by atoms with van der Waals surface area (Å²) >= 11 is 4.69. The van der Waals surface area contributed by atoms with Crippen LogP contribution in [-0.2, 0) is 10.1 Å². The molecule has 1 aromatic carbocycles. The average Bonchev–Trinajstić information content (AvgIpc) is 2.85. The fourth-order valence-corrected chi connectivity index (χ4v) is 1.73. The summed E-state index contributed by atoms with van der Waals surface area (Å²) in [7, 11) is 2.74. The van der Waals surface area contributed by atoms with Crippen LogP contribution in [0.5, 0.6) is 0 Å². The quantitative estimate of drug-likeness (QED) is 0.234. The van der Waals surface area contributed by atoms with E-state index in [1.165, 1.54) is 22.0 Å². The molecule has 1 aliphatic rings. The van der Waals surface area contributed by atoms with E-state index in [0.717, 1.165) is 10.1 Å². The van der Waals surface area contributed by atoms with E-state index in [9.17, 15) is 0 Å². The van der Waals surface area contributed by atoms with Crippen LogP contribution in [0.2, 0.25) is 0 Å². The first kappa shape index (κ1) is 19.2. The fourth-order valence-electron chi connectivity index (χ4n) is 1.53. The van der Waals surface area contributed by atoms with Crippen LogP contribution in [0.15, 0.2) is 36.4 Å². The van der Waals surface area contributed by atoms with Crippen LogP contribution in [0.3, 0.4) is 0 Å². The Morgan fingerprint density at radius 1 is 0.889 bits per heavy atom. The van der Waals surface area contributed by atoms with Crippen LogP contribution >= 0.6 is 48.7 Å². The molecule has 0 fully saturated rings. The van der Waals surface area contributed by atoms with Crippen LogP contribution < -0.4 is 5.30 Å². The van der Waals surface area contributed by atoms with E-state index in [4.69, 9.17) is 0 Å². The van der Waals surface area contributed by atoms with Gasteiger partial charge < -0.3 is 0 Å². The van der Waals surface area contributed by atoms with E-state index >= 15 is 0 Å². The van der Waals surface area contributed by atoms with E-state index in [-0.39, 0.29) is 0 Å². The van der Waals surface area contributed by atoms with E-state index in [0.29, 0.717) is 0 Å². The normalized spacial score (nSPS) is 11.8. The molecule has 0 saturated heterocycles. The average molecular weight is 575 g/mol. The second-order valence-electron chi connectivity index (χ2n) is 3.89. The van der Waals surface area contributed by atoms with Crippen LogP contribution in [0.1, 0.15) is 16.7 Å². The van der Waals surface area contributed by atoms with Gasteiger partial charge in [0.05, 0.1) is 5.30 Å².